The van der Waals surface area contributed by atoms with Gasteiger partial charge in [-0.15, -0.1) is 0 Å². The molecule has 0 spiro atoms. The first-order chi connectivity index (χ1) is 11.3. The summed E-state index contributed by atoms with van der Waals surface area (Å²) in [5.74, 6) is -1.29. The van der Waals surface area contributed by atoms with Crippen LogP contribution in [0.2, 0.25) is 0 Å². The number of hydrogen-bond acceptors (Lipinski definition) is 5. The molecule has 0 bridgehead atoms. The van der Waals surface area contributed by atoms with Gasteiger partial charge in [0.25, 0.3) is 0 Å². The van der Waals surface area contributed by atoms with Crippen LogP contribution >= 0.6 is 19.6 Å². The van der Waals surface area contributed by atoms with Gasteiger partial charge in [0.05, 0.1) is 23.8 Å². The van der Waals surface area contributed by atoms with Gasteiger partial charge in [-0.2, -0.15) is 0 Å². The lowest BCUT2D eigenvalue weighted by Crippen LogP contribution is -2.42. The third kappa shape index (κ3) is 5.07. The molecule has 0 aliphatic heterocycles. The largest absolute Gasteiger partial charge is 0.479 e. The van der Waals surface area contributed by atoms with Crippen molar-refractivity contribution in [1.29, 1.82) is 0 Å². The van der Waals surface area contributed by atoms with E-state index in [0.29, 0.717) is 0 Å². The summed E-state index contributed by atoms with van der Waals surface area (Å²) in [6.07, 6.45) is -0.108. The van der Waals surface area contributed by atoms with Crippen molar-refractivity contribution < 1.29 is 19.6 Å². The van der Waals surface area contributed by atoms with Crippen LogP contribution in [0.1, 0.15) is 20.3 Å². The van der Waals surface area contributed by atoms with Crippen LogP contribution in [0.4, 0.5) is 0 Å². The van der Waals surface area contributed by atoms with Crippen LogP contribution < -0.4 is 0 Å². The number of carbonyl (C=O) groups is 1. The zero-order valence-corrected chi connectivity index (χ0v) is 15.5. The number of benzene rings is 1. The molecule has 0 aliphatic rings. The highest BCUT2D eigenvalue weighted by Crippen LogP contribution is 2.36. The Bertz CT molecular complexity index is 752. The number of carboxylic acid groups (broad SMARTS) is 1. The average Bonchev–Trinajstić information content (AvgIpc) is 2.51. The van der Waals surface area contributed by atoms with Gasteiger partial charge in [-0.3, -0.25) is 0 Å². The second-order valence-electron chi connectivity index (χ2n) is 6.28. The van der Waals surface area contributed by atoms with Gasteiger partial charge in [0.2, 0.25) is 0 Å². The fourth-order valence-electron chi connectivity index (χ4n) is 2.57. The van der Waals surface area contributed by atoms with E-state index in [9.17, 15) is 19.6 Å². The minimum Gasteiger partial charge on any atom is -0.479 e. The smallest absolute Gasteiger partial charge is 0.336 e. The number of pyridine rings is 1. The Kier molecular flexibility index (Phi) is 6.44. The van der Waals surface area contributed by atoms with E-state index >= 15 is 0 Å². The molecule has 0 radical (unpaired) electrons. The molecule has 0 saturated heterocycles. The van der Waals surface area contributed by atoms with Crippen LogP contribution in [0.25, 0.3) is 10.9 Å². The molecule has 0 aliphatic carbocycles. The Labute approximate surface area is 146 Å². The highest BCUT2D eigenvalue weighted by Gasteiger charge is 2.38. The van der Waals surface area contributed by atoms with E-state index < -0.39 is 19.4 Å². The predicted octanol–water partition coefficient (Wildman–Crippen LogP) is 3.71. The molecule has 2 N–H and O–H groups in total. The van der Waals surface area contributed by atoms with E-state index in [4.69, 9.17) is 0 Å². The van der Waals surface area contributed by atoms with Gasteiger partial charge in [0.1, 0.15) is 0 Å². The molecule has 24 heavy (non-hydrogen) atoms. The minimum atomic E-state index is -2.24. The minimum absolute atomic E-state index is 0.00991. The fraction of sp³-hybridized carbons (Fsp3) is 0.412. The molecule has 2 aromatic rings. The lowest BCUT2D eigenvalue weighted by Gasteiger charge is -2.24. The maximum absolute atomic E-state index is 12.3. The van der Waals surface area contributed by atoms with Gasteiger partial charge in [-0.05, 0) is 24.5 Å². The zero-order chi connectivity index (χ0) is 17.7. The predicted molar refractivity (Wildman–Crippen MR) is 98.4 cm³/mol. The van der Waals surface area contributed by atoms with Crippen molar-refractivity contribution >= 4 is 36.4 Å². The molecule has 0 amide bonds. The van der Waals surface area contributed by atoms with Crippen molar-refractivity contribution in [2.75, 3.05) is 11.7 Å². The van der Waals surface area contributed by atoms with Crippen LogP contribution in [0.5, 0.6) is 0 Å². The second kappa shape index (κ2) is 8.15. The average molecular weight is 367 g/mol. The van der Waals surface area contributed by atoms with E-state index in [0.717, 1.165) is 15.9 Å². The molecule has 2 atom stereocenters. The number of nitrogens with zero attached hydrogens (tertiary/aromatic N) is 1. The summed E-state index contributed by atoms with van der Waals surface area (Å²) in [6.45, 7) is 3.66. The summed E-state index contributed by atoms with van der Waals surface area (Å²) >= 11 is 1.33. The molecule has 1 heterocycles. The van der Waals surface area contributed by atoms with Gasteiger partial charge in [-0.1, -0.05) is 49.9 Å². The quantitative estimate of drug-likeness (QED) is 0.546. The van der Waals surface area contributed by atoms with Crippen molar-refractivity contribution in [3.05, 3.63) is 36.4 Å². The third-order valence-corrected chi connectivity index (χ3v) is 6.96. The monoisotopic (exact) mass is 367 g/mol. The molecule has 0 saturated carbocycles. The normalized spacial score (nSPS) is 15.3. The Morgan fingerprint density at radius 3 is 2.67 bits per heavy atom. The molecule has 5 nitrogen and oxygen atoms in total. The number of fused-ring (bicyclic) bond motifs is 1. The topological polar surface area (TPSA) is 87.5 Å². The Morgan fingerprint density at radius 1 is 1.29 bits per heavy atom. The summed E-state index contributed by atoms with van der Waals surface area (Å²) in [4.78, 5) is 15.8. The second-order valence-corrected chi connectivity index (χ2v) is 9.57. The SMILES string of the molecule is CC(C)CC(O)(C[PH](=O)CSc1ccc2ccccc2n1)C(=O)O. The summed E-state index contributed by atoms with van der Waals surface area (Å²) in [7, 11) is -2.24. The summed E-state index contributed by atoms with van der Waals surface area (Å²) in [6, 6.07) is 11.5. The van der Waals surface area contributed by atoms with Crippen molar-refractivity contribution in [1.82, 2.24) is 4.98 Å². The number of hydrogen-bond donors (Lipinski definition) is 2. The Morgan fingerprint density at radius 2 is 2.00 bits per heavy atom. The highest BCUT2D eigenvalue weighted by molar-refractivity contribution is 8.03. The first-order valence-corrected chi connectivity index (χ1v) is 10.6. The Balaban J connectivity index is 1.99. The molecule has 130 valence electrons. The zero-order valence-electron chi connectivity index (χ0n) is 13.7. The molecular weight excluding hydrogens is 345 g/mol. The van der Waals surface area contributed by atoms with Crippen molar-refractivity contribution in [2.24, 2.45) is 5.92 Å². The highest BCUT2D eigenvalue weighted by atomic mass is 32.2. The first-order valence-electron chi connectivity index (χ1n) is 7.76. The molecule has 1 aromatic carbocycles. The molecule has 2 unspecified atom stereocenters. The molecular formula is C17H22NO4PS. The summed E-state index contributed by atoms with van der Waals surface area (Å²) in [5.41, 5.74) is -0.783. The molecule has 1 aromatic heterocycles. The van der Waals surface area contributed by atoms with E-state index in [1.165, 1.54) is 11.8 Å². The summed E-state index contributed by atoms with van der Waals surface area (Å²) < 4.78 is 12.3. The Hall–Kier alpha value is -1.36. The van der Waals surface area contributed by atoms with E-state index in [-0.39, 0.29) is 24.0 Å². The molecule has 7 heteroatoms. The van der Waals surface area contributed by atoms with Gasteiger partial charge < -0.3 is 14.8 Å². The third-order valence-electron chi connectivity index (χ3n) is 3.59. The fourth-order valence-corrected chi connectivity index (χ4v) is 5.49. The maximum atomic E-state index is 12.3. The van der Waals surface area contributed by atoms with Crippen molar-refractivity contribution in [2.45, 2.75) is 30.9 Å². The number of aliphatic hydroxyl groups is 1. The number of para-hydroxylation sites is 1. The van der Waals surface area contributed by atoms with Crippen LogP contribution in [0.15, 0.2) is 41.4 Å². The van der Waals surface area contributed by atoms with Crippen LogP contribution in [-0.2, 0) is 9.36 Å². The number of aromatic nitrogens is 1. The van der Waals surface area contributed by atoms with Gasteiger partial charge in [-0.25, -0.2) is 9.78 Å². The van der Waals surface area contributed by atoms with Crippen molar-refractivity contribution in [3.63, 3.8) is 0 Å². The molecule has 0 fully saturated rings. The van der Waals surface area contributed by atoms with Crippen LogP contribution in [0, 0.1) is 5.92 Å². The standard InChI is InChI=1S/C17H22NO4PS/c1-12(2)9-17(21,16(19)20)10-23(22)11-24-15-8-7-13-5-3-4-6-14(13)18-15/h3-8,12,21,23H,9-11H2,1-2H3,(H,19,20). The number of rotatable bonds is 8. The lowest BCUT2D eigenvalue weighted by atomic mass is 9.94. The first kappa shape index (κ1) is 19.0. The van der Waals surface area contributed by atoms with Gasteiger partial charge >= 0.3 is 5.97 Å². The van der Waals surface area contributed by atoms with Crippen LogP contribution in [-0.4, -0.2) is 38.4 Å². The lowest BCUT2D eigenvalue weighted by molar-refractivity contribution is -0.157. The molecule has 2 rings (SSSR count). The summed E-state index contributed by atoms with van der Waals surface area (Å²) in [5, 5.41) is 21.3. The maximum Gasteiger partial charge on any atom is 0.336 e. The van der Waals surface area contributed by atoms with Crippen molar-refractivity contribution in [3.8, 4) is 0 Å². The van der Waals surface area contributed by atoms with Gasteiger partial charge in [0.15, 0.2) is 5.60 Å². The number of thioether (sulfide) groups is 1. The van der Waals surface area contributed by atoms with Gasteiger partial charge in [0, 0.05) is 11.5 Å². The van der Waals surface area contributed by atoms with E-state index in [1.807, 2.05) is 50.2 Å². The van der Waals surface area contributed by atoms with E-state index in [1.54, 1.807) is 0 Å². The number of aliphatic carboxylic acids is 1. The van der Waals surface area contributed by atoms with Crippen LogP contribution in [0.3, 0.4) is 0 Å². The number of carboxylic acids is 1. The van der Waals surface area contributed by atoms with E-state index in [2.05, 4.69) is 4.98 Å².